The molecule has 3 aromatic rings. The Morgan fingerprint density at radius 3 is 2.42 bits per heavy atom. The van der Waals surface area contributed by atoms with Crippen LogP contribution >= 0.6 is 0 Å². The van der Waals surface area contributed by atoms with Crippen molar-refractivity contribution in [2.75, 3.05) is 14.1 Å². The van der Waals surface area contributed by atoms with Crippen molar-refractivity contribution in [2.24, 2.45) is 0 Å². The van der Waals surface area contributed by atoms with Gasteiger partial charge in [-0.15, -0.1) is 9.19 Å². The number of nitro benzene ring substituents is 1. The molecule has 11 heteroatoms. The zero-order valence-electron chi connectivity index (χ0n) is 12.7. The first kappa shape index (κ1) is 16.0. The van der Waals surface area contributed by atoms with Crippen molar-refractivity contribution in [3.63, 3.8) is 0 Å². The molecule has 1 aromatic carbocycles. The van der Waals surface area contributed by atoms with Gasteiger partial charge < -0.3 is 0 Å². The normalized spacial score (nSPS) is 12.0. The number of nitro groups is 1. The number of nitrogens with zero attached hydrogens (tertiary/aromatic N) is 6. The lowest BCUT2D eigenvalue weighted by atomic mass is 10.1. The van der Waals surface area contributed by atoms with Crippen molar-refractivity contribution in [3.8, 4) is 11.1 Å². The van der Waals surface area contributed by atoms with Crippen LogP contribution in [0.15, 0.2) is 36.7 Å². The first-order chi connectivity index (χ1) is 11.3. The predicted molar refractivity (Wildman–Crippen MR) is 85.4 cm³/mol. The fourth-order valence-electron chi connectivity index (χ4n) is 2.16. The van der Waals surface area contributed by atoms with Gasteiger partial charge in [-0.2, -0.15) is 12.7 Å². The van der Waals surface area contributed by atoms with E-state index < -0.39 is 15.1 Å². The van der Waals surface area contributed by atoms with Crippen LogP contribution < -0.4 is 0 Å². The van der Waals surface area contributed by atoms with Gasteiger partial charge in [0.25, 0.3) is 5.69 Å². The molecular weight excluding hydrogens is 336 g/mol. The van der Waals surface area contributed by atoms with E-state index >= 15 is 0 Å². The van der Waals surface area contributed by atoms with E-state index in [1.807, 2.05) is 0 Å². The molecule has 0 radical (unpaired) electrons. The van der Waals surface area contributed by atoms with Crippen LogP contribution in [0.5, 0.6) is 0 Å². The van der Waals surface area contributed by atoms with Crippen molar-refractivity contribution in [3.05, 3.63) is 46.8 Å². The Bertz CT molecular complexity index is 1030. The third-order valence-electron chi connectivity index (χ3n) is 3.39. The summed E-state index contributed by atoms with van der Waals surface area (Å²) in [6.45, 7) is 0. The molecule has 0 aliphatic heterocycles. The Morgan fingerprint density at radius 2 is 1.83 bits per heavy atom. The van der Waals surface area contributed by atoms with Crippen LogP contribution in [0.1, 0.15) is 0 Å². The van der Waals surface area contributed by atoms with Gasteiger partial charge in [-0.05, 0) is 34.5 Å². The quantitative estimate of drug-likeness (QED) is 0.510. The maximum Gasteiger partial charge on any atom is 0.324 e. The SMILES string of the molecule is CN(C)S(=O)(=O)n1nnc2c([N+](=O)[O-])cc(-c3ccncc3)cc21. The van der Waals surface area contributed by atoms with Crippen LogP contribution in [-0.2, 0) is 10.2 Å². The summed E-state index contributed by atoms with van der Waals surface area (Å²) in [5.41, 5.74) is 0.742. The molecule has 0 bridgehead atoms. The monoisotopic (exact) mass is 348 g/mol. The number of aromatic nitrogens is 4. The van der Waals surface area contributed by atoms with Crippen LogP contribution in [-0.4, -0.2) is 51.1 Å². The van der Waals surface area contributed by atoms with Crippen LogP contribution in [0.2, 0.25) is 0 Å². The third kappa shape index (κ3) is 2.49. The van der Waals surface area contributed by atoms with Gasteiger partial charge in [0, 0.05) is 32.6 Å². The molecule has 0 unspecified atom stereocenters. The highest BCUT2D eigenvalue weighted by molar-refractivity contribution is 7.87. The number of hydrogen-bond donors (Lipinski definition) is 0. The van der Waals surface area contributed by atoms with Crippen molar-refractivity contribution < 1.29 is 13.3 Å². The van der Waals surface area contributed by atoms with Gasteiger partial charge in [0.05, 0.1) is 4.92 Å². The van der Waals surface area contributed by atoms with Crippen LogP contribution in [0.25, 0.3) is 22.2 Å². The number of fused-ring (bicyclic) bond motifs is 1. The van der Waals surface area contributed by atoms with E-state index in [1.165, 1.54) is 38.6 Å². The molecule has 0 atom stereocenters. The molecule has 3 rings (SSSR count). The van der Waals surface area contributed by atoms with Gasteiger partial charge >= 0.3 is 10.2 Å². The highest BCUT2D eigenvalue weighted by Gasteiger charge is 2.26. The maximum absolute atomic E-state index is 12.3. The average molecular weight is 348 g/mol. The number of pyridine rings is 1. The van der Waals surface area contributed by atoms with E-state index in [2.05, 4.69) is 15.3 Å². The van der Waals surface area contributed by atoms with E-state index in [1.54, 1.807) is 12.1 Å². The predicted octanol–water partition coefficient (Wildman–Crippen LogP) is 1.06. The Balaban J connectivity index is 2.37. The van der Waals surface area contributed by atoms with Crippen molar-refractivity contribution in [2.45, 2.75) is 0 Å². The highest BCUT2D eigenvalue weighted by Crippen LogP contribution is 2.31. The smallest absolute Gasteiger partial charge is 0.265 e. The second-order valence-electron chi connectivity index (χ2n) is 5.08. The summed E-state index contributed by atoms with van der Waals surface area (Å²) in [6, 6.07) is 6.16. The molecule has 0 aliphatic carbocycles. The minimum Gasteiger partial charge on any atom is -0.265 e. The van der Waals surface area contributed by atoms with Crippen LogP contribution in [0.4, 0.5) is 5.69 Å². The van der Waals surface area contributed by atoms with E-state index in [9.17, 15) is 18.5 Å². The molecule has 2 aromatic heterocycles. The lowest BCUT2D eigenvalue weighted by Crippen LogP contribution is -2.29. The van der Waals surface area contributed by atoms with Crippen LogP contribution in [0.3, 0.4) is 0 Å². The summed E-state index contributed by atoms with van der Waals surface area (Å²) in [5, 5.41) is 18.6. The molecule has 2 heterocycles. The molecule has 0 amide bonds. The Hall–Kier alpha value is -2.92. The van der Waals surface area contributed by atoms with Crippen molar-refractivity contribution in [1.82, 2.24) is 23.7 Å². The van der Waals surface area contributed by atoms with Gasteiger partial charge in [-0.3, -0.25) is 15.1 Å². The fraction of sp³-hybridized carbons (Fsp3) is 0.154. The number of rotatable bonds is 4. The zero-order chi connectivity index (χ0) is 17.5. The van der Waals surface area contributed by atoms with E-state index in [0.29, 0.717) is 15.2 Å². The molecular formula is C13H12N6O4S. The van der Waals surface area contributed by atoms with E-state index in [0.717, 1.165) is 4.31 Å². The van der Waals surface area contributed by atoms with Gasteiger partial charge in [0.1, 0.15) is 5.52 Å². The maximum atomic E-state index is 12.3. The molecule has 0 aliphatic rings. The Labute approximate surface area is 136 Å². The molecule has 124 valence electrons. The molecule has 0 saturated carbocycles. The second-order valence-corrected chi connectivity index (χ2v) is 7.05. The topological polar surface area (TPSA) is 124 Å². The number of hydrogen-bond acceptors (Lipinski definition) is 7. The minimum atomic E-state index is -3.96. The second kappa shape index (κ2) is 5.62. The lowest BCUT2D eigenvalue weighted by molar-refractivity contribution is -0.383. The average Bonchev–Trinajstić information content (AvgIpc) is 2.99. The zero-order valence-corrected chi connectivity index (χ0v) is 13.5. The first-order valence-corrected chi connectivity index (χ1v) is 8.09. The summed E-state index contributed by atoms with van der Waals surface area (Å²) in [4.78, 5) is 14.6. The molecule has 0 fully saturated rings. The van der Waals surface area contributed by atoms with Gasteiger partial charge in [0.15, 0.2) is 5.52 Å². The Kier molecular flexibility index (Phi) is 3.73. The third-order valence-corrected chi connectivity index (χ3v) is 5.02. The van der Waals surface area contributed by atoms with E-state index in [4.69, 9.17) is 0 Å². The van der Waals surface area contributed by atoms with E-state index in [-0.39, 0.29) is 16.7 Å². The molecule has 0 saturated heterocycles. The largest absolute Gasteiger partial charge is 0.324 e. The summed E-state index contributed by atoms with van der Waals surface area (Å²) in [6.07, 6.45) is 3.08. The molecule has 10 nitrogen and oxygen atoms in total. The highest BCUT2D eigenvalue weighted by atomic mass is 32.2. The first-order valence-electron chi connectivity index (χ1n) is 6.69. The van der Waals surface area contributed by atoms with Crippen molar-refractivity contribution in [1.29, 1.82) is 0 Å². The fourth-order valence-corrected chi connectivity index (χ4v) is 2.99. The van der Waals surface area contributed by atoms with Gasteiger partial charge in [-0.1, -0.05) is 0 Å². The standard InChI is InChI=1S/C13H12N6O4S/c1-17(2)24(22,23)18-11-7-10(9-3-5-14-6-4-9)8-12(19(20)21)13(11)15-16-18/h3-8H,1-2H3. The summed E-state index contributed by atoms with van der Waals surface area (Å²) < 4.78 is 26.3. The van der Waals surface area contributed by atoms with Gasteiger partial charge in [0.2, 0.25) is 0 Å². The molecule has 0 spiro atoms. The lowest BCUT2D eigenvalue weighted by Gasteiger charge is -2.11. The summed E-state index contributed by atoms with van der Waals surface area (Å²) in [7, 11) is -1.29. The Morgan fingerprint density at radius 1 is 1.17 bits per heavy atom. The summed E-state index contributed by atoms with van der Waals surface area (Å²) >= 11 is 0. The minimum absolute atomic E-state index is 0.0321. The van der Waals surface area contributed by atoms with Crippen LogP contribution in [0, 0.1) is 10.1 Å². The van der Waals surface area contributed by atoms with Crippen molar-refractivity contribution >= 4 is 26.9 Å². The molecule has 0 N–H and O–H groups in total. The molecule has 24 heavy (non-hydrogen) atoms. The number of non-ortho nitro benzene ring substituents is 1. The number of benzene rings is 1. The van der Waals surface area contributed by atoms with Gasteiger partial charge in [-0.25, -0.2) is 0 Å². The summed E-state index contributed by atoms with van der Waals surface area (Å²) in [5.74, 6) is 0.